The Morgan fingerprint density at radius 2 is 2.32 bits per heavy atom. The van der Waals surface area contributed by atoms with Gasteiger partial charge in [-0.2, -0.15) is 0 Å². The van der Waals surface area contributed by atoms with Crippen molar-refractivity contribution in [1.29, 1.82) is 0 Å². The van der Waals surface area contributed by atoms with E-state index in [0.29, 0.717) is 6.42 Å². The molecule has 2 heterocycles. The van der Waals surface area contributed by atoms with E-state index >= 15 is 0 Å². The topological polar surface area (TPSA) is 75.1 Å². The van der Waals surface area contributed by atoms with Crippen molar-refractivity contribution in [3.8, 4) is 0 Å². The summed E-state index contributed by atoms with van der Waals surface area (Å²) in [4.78, 5) is 26.5. The first kappa shape index (κ1) is 13.1. The van der Waals surface area contributed by atoms with E-state index in [-0.39, 0.29) is 22.9 Å². The minimum atomic E-state index is -0.375. The molecule has 0 bridgehead atoms. The zero-order valence-corrected chi connectivity index (χ0v) is 10.9. The molecule has 2 aromatic rings. The fourth-order valence-corrected chi connectivity index (χ4v) is 1.83. The maximum Gasteiger partial charge on any atom is 0.256 e. The zero-order valence-electron chi connectivity index (χ0n) is 10.9. The van der Waals surface area contributed by atoms with Gasteiger partial charge in [0.25, 0.3) is 5.91 Å². The third kappa shape index (κ3) is 3.34. The third-order valence-electron chi connectivity index (χ3n) is 2.77. The number of aromatic amines is 1. The van der Waals surface area contributed by atoms with Crippen molar-refractivity contribution in [2.75, 3.05) is 0 Å². The number of amides is 1. The van der Waals surface area contributed by atoms with Crippen molar-refractivity contribution < 1.29 is 9.21 Å². The standard InChI is InChI=1S/C14H16N2O3/c1-9-7-13(17)12(8-15-9)14(18)16-10(2)6-11-4-3-5-19-11/h3-5,7-8,10H,6H2,1-2H3,(H,15,17)(H,16,18). The van der Waals surface area contributed by atoms with Gasteiger partial charge in [-0.05, 0) is 26.0 Å². The molecule has 0 aliphatic carbocycles. The summed E-state index contributed by atoms with van der Waals surface area (Å²) in [5.41, 5.74) is 0.570. The van der Waals surface area contributed by atoms with E-state index in [2.05, 4.69) is 10.3 Å². The summed E-state index contributed by atoms with van der Waals surface area (Å²) in [5, 5.41) is 2.78. The van der Waals surface area contributed by atoms with E-state index in [9.17, 15) is 9.59 Å². The van der Waals surface area contributed by atoms with Crippen LogP contribution in [0.3, 0.4) is 0 Å². The van der Waals surface area contributed by atoms with E-state index in [1.54, 1.807) is 19.3 Å². The van der Waals surface area contributed by atoms with Crippen LogP contribution in [0, 0.1) is 6.92 Å². The second-order valence-electron chi connectivity index (χ2n) is 4.55. The Morgan fingerprint density at radius 3 is 2.95 bits per heavy atom. The number of furan rings is 1. The number of H-pyrrole nitrogens is 1. The van der Waals surface area contributed by atoms with Gasteiger partial charge >= 0.3 is 0 Å². The Balaban J connectivity index is 2.02. The van der Waals surface area contributed by atoms with Gasteiger partial charge in [0, 0.05) is 30.4 Å². The summed E-state index contributed by atoms with van der Waals surface area (Å²) < 4.78 is 5.21. The molecule has 100 valence electrons. The highest BCUT2D eigenvalue weighted by Crippen LogP contribution is 2.04. The normalized spacial score (nSPS) is 12.1. The van der Waals surface area contributed by atoms with Gasteiger partial charge in [-0.15, -0.1) is 0 Å². The highest BCUT2D eigenvalue weighted by atomic mass is 16.3. The maximum absolute atomic E-state index is 12.0. The predicted octanol–water partition coefficient (Wildman–Crippen LogP) is 1.64. The second kappa shape index (κ2) is 5.56. The van der Waals surface area contributed by atoms with Crippen LogP contribution in [0.15, 0.2) is 39.9 Å². The van der Waals surface area contributed by atoms with Crippen LogP contribution in [0.4, 0.5) is 0 Å². The molecule has 1 atom stereocenters. The monoisotopic (exact) mass is 260 g/mol. The molecule has 2 rings (SSSR count). The number of hydrogen-bond acceptors (Lipinski definition) is 3. The molecule has 0 saturated carbocycles. The van der Waals surface area contributed by atoms with E-state index in [0.717, 1.165) is 11.5 Å². The molecule has 2 N–H and O–H groups in total. The van der Waals surface area contributed by atoms with Crippen LogP contribution in [-0.2, 0) is 6.42 Å². The molecular formula is C14H16N2O3. The molecule has 0 spiro atoms. The average Bonchev–Trinajstić information content (AvgIpc) is 2.81. The summed E-state index contributed by atoms with van der Waals surface area (Å²) in [7, 11) is 0. The Labute approximate surface area is 110 Å². The molecule has 5 nitrogen and oxygen atoms in total. The molecule has 2 aromatic heterocycles. The van der Waals surface area contributed by atoms with Crippen LogP contribution in [0.5, 0.6) is 0 Å². The lowest BCUT2D eigenvalue weighted by Gasteiger charge is -2.12. The van der Waals surface area contributed by atoms with Crippen LogP contribution in [0.2, 0.25) is 0 Å². The third-order valence-corrected chi connectivity index (χ3v) is 2.77. The fourth-order valence-electron chi connectivity index (χ4n) is 1.83. The molecule has 0 fully saturated rings. The molecule has 0 aromatic carbocycles. The van der Waals surface area contributed by atoms with Crippen molar-refractivity contribution >= 4 is 5.91 Å². The van der Waals surface area contributed by atoms with Crippen molar-refractivity contribution in [3.05, 3.63) is 57.9 Å². The number of aryl methyl sites for hydroxylation is 1. The molecule has 5 heteroatoms. The van der Waals surface area contributed by atoms with Crippen LogP contribution in [0.1, 0.15) is 28.7 Å². The number of nitrogens with one attached hydrogen (secondary N) is 2. The summed E-state index contributed by atoms with van der Waals surface area (Å²) in [5.74, 6) is 0.422. The van der Waals surface area contributed by atoms with Crippen molar-refractivity contribution in [1.82, 2.24) is 10.3 Å². The molecular weight excluding hydrogens is 244 g/mol. The van der Waals surface area contributed by atoms with E-state index in [1.807, 2.05) is 13.0 Å². The van der Waals surface area contributed by atoms with Gasteiger partial charge in [0.2, 0.25) is 0 Å². The number of hydrogen-bond donors (Lipinski definition) is 2. The number of rotatable bonds is 4. The fraction of sp³-hybridized carbons (Fsp3) is 0.286. The van der Waals surface area contributed by atoms with E-state index in [1.165, 1.54) is 12.3 Å². The molecule has 1 unspecified atom stereocenters. The zero-order chi connectivity index (χ0) is 13.8. The Hall–Kier alpha value is -2.30. The van der Waals surface area contributed by atoms with Crippen molar-refractivity contribution in [3.63, 3.8) is 0 Å². The molecule has 1 amide bonds. The maximum atomic E-state index is 12.0. The minimum Gasteiger partial charge on any atom is -0.469 e. The van der Waals surface area contributed by atoms with Crippen molar-refractivity contribution in [2.45, 2.75) is 26.3 Å². The Kier molecular flexibility index (Phi) is 3.85. The van der Waals surface area contributed by atoms with Crippen LogP contribution >= 0.6 is 0 Å². The van der Waals surface area contributed by atoms with Gasteiger partial charge in [-0.1, -0.05) is 0 Å². The lowest BCUT2D eigenvalue weighted by atomic mass is 10.1. The highest BCUT2D eigenvalue weighted by molar-refractivity contribution is 5.93. The van der Waals surface area contributed by atoms with E-state index in [4.69, 9.17) is 4.42 Å². The minimum absolute atomic E-state index is 0.112. The van der Waals surface area contributed by atoms with Crippen LogP contribution < -0.4 is 10.7 Å². The largest absolute Gasteiger partial charge is 0.469 e. The highest BCUT2D eigenvalue weighted by Gasteiger charge is 2.14. The molecule has 19 heavy (non-hydrogen) atoms. The van der Waals surface area contributed by atoms with Gasteiger partial charge in [-0.25, -0.2) is 0 Å². The Morgan fingerprint density at radius 1 is 1.53 bits per heavy atom. The second-order valence-corrected chi connectivity index (χ2v) is 4.55. The van der Waals surface area contributed by atoms with Gasteiger partial charge in [0.1, 0.15) is 11.3 Å². The number of pyridine rings is 1. The average molecular weight is 260 g/mol. The summed E-state index contributed by atoms with van der Waals surface area (Å²) in [6.45, 7) is 3.63. The van der Waals surface area contributed by atoms with E-state index < -0.39 is 0 Å². The van der Waals surface area contributed by atoms with Gasteiger partial charge < -0.3 is 14.7 Å². The smallest absolute Gasteiger partial charge is 0.256 e. The number of carbonyl (C=O) groups is 1. The summed E-state index contributed by atoms with van der Waals surface area (Å²) in [6, 6.07) is 4.95. The first-order chi connectivity index (χ1) is 9.06. The first-order valence-corrected chi connectivity index (χ1v) is 6.09. The van der Waals surface area contributed by atoms with Crippen molar-refractivity contribution in [2.24, 2.45) is 0 Å². The van der Waals surface area contributed by atoms with Gasteiger partial charge in [-0.3, -0.25) is 9.59 Å². The SMILES string of the molecule is Cc1cc(=O)c(C(=O)NC(C)Cc2ccco2)c[nH]1. The van der Waals surface area contributed by atoms with Gasteiger partial charge in [0.15, 0.2) is 5.43 Å². The first-order valence-electron chi connectivity index (χ1n) is 6.09. The molecule has 0 radical (unpaired) electrons. The van der Waals surface area contributed by atoms with Crippen LogP contribution in [0.25, 0.3) is 0 Å². The quantitative estimate of drug-likeness (QED) is 0.877. The molecule has 0 aliphatic rings. The molecule has 0 aliphatic heterocycles. The number of carbonyl (C=O) groups excluding carboxylic acids is 1. The van der Waals surface area contributed by atoms with Gasteiger partial charge in [0.05, 0.1) is 6.26 Å². The van der Waals surface area contributed by atoms with Crippen LogP contribution in [-0.4, -0.2) is 16.9 Å². The number of aromatic nitrogens is 1. The summed E-state index contributed by atoms with van der Waals surface area (Å²) in [6.07, 6.45) is 3.61. The molecule has 0 saturated heterocycles. The lowest BCUT2D eigenvalue weighted by molar-refractivity contribution is 0.0938. The summed E-state index contributed by atoms with van der Waals surface area (Å²) >= 11 is 0. The Bertz CT molecular complexity index is 614. The predicted molar refractivity (Wildman–Crippen MR) is 71.1 cm³/mol. The lowest BCUT2D eigenvalue weighted by Crippen LogP contribution is -2.36.